The van der Waals surface area contributed by atoms with Crippen LogP contribution in [-0.2, 0) is 23.8 Å². The standard InChI is InChI=1S/C22H32O8/c1-10-7-12(28-5)17(25)19(2)11(10)8-13-20(3)16(19)15(24)18(29-6)21(4,26)22(20,27)9-14(23)30-13/h7,10-11,13,15-16,18,24,26-27H,8-9H2,1-6H3/t10-,11+,13?,15+,16-,18-,19+,20-,21-,22+/m1/s1. The van der Waals surface area contributed by atoms with Gasteiger partial charge < -0.3 is 29.5 Å². The van der Waals surface area contributed by atoms with Crippen LogP contribution >= 0.6 is 0 Å². The summed E-state index contributed by atoms with van der Waals surface area (Å²) in [6, 6.07) is 0. The van der Waals surface area contributed by atoms with Crippen LogP contribution in [0.3, 0.4) is 0 Å². The maximum Gasteiger partial charge on any atom is 0.309 e. The van der Waals surface area contributed by atoms with Gasteiger partial charge in [-0.25, -0.2) is 0 Å². The number of carbonyl (C=O) groups is 2. The summed E-state index contributed by atoms with van der Waals surface area (Å²) in [5, 5.41) is 34.9. The summed E-state index contributed by atoms with van der Waals surface area (Å²) in [6.07, 6.45) is -1.60. The summed E-state index contributed by atoms with van der Waals surface area (Å²) < 4.78 is 16.6. The molecule has 0 spiro atoms. The molecule has 3 N–H and O–H groups in total. The second kappa shape index (κ2) is 6.28. The van der Waals surface area contributed by atoms with Crippen molar-refractivity contribution >= 4 is 11.8 Å². The minimum Gasteiger partial charge on any atom is -0.493 e. The van der Waals surface area contributed by atoms with Gasteiger partial charge in [0, 0.05) is 23.9 Å². The lowest BCUT2D eigenvalue weighted by Gasteiger charge is -2.72. The van der Waals surface area contributed by atoms with E-state index in [4.69, 9.17) is 14.2 Å². The SMILES string of the molecule is COC1=C[C@@H](C)[C@@H]2CC3OC(=O)C[C@@]4(O)[C@](C)(O)[C@H](OC)[C@@H](O)[C@H]([C@@]2(C)C1=O)[C@@]34C. The lowest BCUT2D eigenvalue weighted by atomic mass is 9.36. The van der Waals surface area contributed by atoms with Gasteiger partial charge in [-0.15, -0.1) is 0 Å². The highest BCUT2D eigenvalue weighted by Crippen LogP contribution is 2.70. The van der Waals surface area contributed by atoms with Crippen molar-refractivity contribution in [1.29, 1.82) is 0 Å². The Morgan fingerprint density at radius 1 is 1.17 bits per heavy atom. The summed E-state index contributed by atoms with van der Waals surface area (Å²) in [7, 11) is 2.77. The molecule has 0 aromatic heterocycles. The molecule has 8 nitrogen and oxygen atoms in total. The molecular weight excluding hydrogens is 392 g/mol. The Kier molecular flexibility index (Phi) is 4.55. The third-order valence-electron chi connectivity index (χ3n) is 9.04. The van der Waals surface area contributed by atoms with E-state index in [0.29, 0.717) is 6.42 Å². The molecule has 0 aromatic carbocycles. The first kappa shape index (κ1) is 21.7. The first-order valence-electron chi connectivity index (χ1n) is 10.5. The van der Waals surface area contributed by atoms with Gasteiger partial charge >= 0.3 is 5.97 Å². The Morgan fingerprint density at radius 3 is 2.37 bits per heavy atom. The Bertz CT molecular complexity index is 820. The summed E-state index contributed by atoms with van der Waals surface area (Å²) in [5.41, 5.74) is -6.31. The number of esters is 1. The highest BCUT2D eigenvalue weighted by molar-refractivity contribution is 6.00. The summed E-state index contributed by atoms with van der Waals surface area (Å²) in [6.45, 7) is 6.85. The number of ketones is 1. The molecule has 2 saturated carbocycles. The van der Waals surface area contributed by atoms with Gasteiger partial charge in [-0.2, -0.15) is 0 Å². The molecule has 3 fully saturated rings. The summed E-state index contributed by atoms with van der Waals surface area (Å²) in [5.74, 6) is -1.83. The van der Waals surface area contributed by atoms with Crippen LogP contribution in [0.1, 0.15) is 40.5 Å². The second-order valence-electron chi connectivity index (χ2n) is 10.1. The van der Waals surface area contributed by atoms with Gasteiger partial charge in [0.1, 0.15) is 23.4 Å². The zero-order chi connectivity index (χ0) is 22.4. The maximum absolute atomic E-state index is 13.6. The molecule has 0 amide bonds. The second-order valence-corrected chi connectivity index (χ2v) is 10.1. The normalized spacial score (nSPS) is 55.2. The number of carbonyl (C=O) groups excluding carboxylic acids is 2. The van der Waals surface area contributed by atoms with Crippen LogP contribution in [-0.4, -0.2) is 70.8 Å². The number of allylic oxidation sites excluding steroid dienone is 2. The third kappa shape index (κ3) is 2.16. The Labute approximate surface area is 176 Å². The van der Waals surface area contributed by atoms with Crippen LogP contribution in [0.25, 0.3) is 0 Å². The molecule has 1 aliphatic heterocycles. The predicted molar refractivity (Wildman–Crippen MR) is 104 cm³/mol. The van der Waals surface area contributed by atoms with Crippen LogP contribution in [0.15, 0.2) is 11.8 Å². The smallest absolute Gasteiger partial charge is 0.309 e. The minimum atomic E-state index is -1.96. The highest BCUT2D eigenvalue weighted by atomic mass is 16.6. The molecule has 4 aliphatic rings. The van der Waals surface area contributed by atoms with E-state index >= 15 is 0 Å². The number of hydrogen-bond donors (Lipinski definition) is 3. The van der Waals surface area contributed by atoms with Crippen molar-refractivity contribution in [1.82, 2.24) is 0 Å². The fraction of sp³-hybridized carbons (Fsp3) is 0.818. The first-order chi connectivity index (χ1) is 13.8. The van der Waals surface area contributed by atoms with Gasteiger partial charge in [0.25, 0.3) is 0 Å². The topological polar surface area (TPSA) is 123 Å². The van der Waals surface area contributed by atoms with Crippen LogP contribution in [0, 0.1) is 28.6 Å². The van der Waals surface area contributed by atoms with Crippen molar-refractivity contribution < 1.29 is 39.1 Å². The van der Waals surface area contributed by atoms with Crippen molar-refractivity contribution in [2.45, 2.75) is 70.1 Å². The molecule has 1 saturated heterocycles. The third-order valence-corrected chi connectivity index (χ3v) is 9.04. The average Bonchev–Trinajstić information content (AvgIpc) is 2.64. The van der Waals surface area contributed by atoms with Gasteiger partial charge in [-0.1, -0.05) is 20.8 Å². The molecule has 0 bridgehead atoms. The molecule has 1 unspecified atom stereocenters. The number of ether oxygens (including phenoxy) is 3. The molecule has 30 heavy (non-hydrogen) atoms. The summed E-state index contributed by atoms with van der Waals surface area (Å²) in [4.78, 5) is 26.2. The van der Waals surface area contributed by atoms with Crippen molar-refractivity contribution in [3.8, 4) is 0 Å². The van der Waals surface area contributed by atoms with Gasteiger partial charge in [-0.05, 0) is 31.3 Å². The van der Waals surface area contributed by atoms with Crippen LogP contribution in [0.2, 0.25) is 0 Å². The number of fused-ring (bicyclic) bond motifs is 2. The Morgan fingerprint density at radius 2 is 1.80 bits per heavy atom. The lowest BCUT2D eigenvalue weighted by Crippen LogP contribution is -2.85. The van der Waals surface area contributed by atoms with E-state index in [0.717, 1.165) is 0 Å². The first-order valence-corrected chi connectivity index (χ1v) is 10.5. The zero-order valence-corrected chi connectivity index (χ0v) is 18.3. The molecule has 1 heterocycles. The fourth-order valence-electron chi connectivity index (χ4n) is 7.54. The molecular formula is C22H32O8. The summed E-state index contributed by atoms with van der Waals surface area (Å²) >= 11 is 0. The number of hydrogen-bond acceptors (Lipinski definition) is 8. The molecule has 8 heteroatoms. The van der Waals surface area contributed by atoms with Crippen molar-refractivity contribution in [2.24, 2.45) is 28.6 Å². The van der Waals surface area contributed by atoms with Crippen molar-refractivity contribution in [3.63, 3.8) is 0 Å². The number of aliphatic hydroxyl groups is 3. The fourth-order valence-corrected chi connectivity index (χ4v) is 7.54. The minimum absolute atomic E-state index is 0.0865. The molecule has 0 aromatic rings. The van der Waals surface area contributed by atoms with Crippen molar-refractivity contribution in [2.75, 3.05) is 14.2 Å². The van der Waals surface area contributed by atoms with Gasteiger partial charge in [-0.3, -0.25) is 9.59 Å². The molecule has 3 aliphatic carbocycles. The molecule has 10 atom stereocenters. The lowest BCUT2D eigenvalue weighted by molar-refractivity contribution is -0.371. The van der Waals surface area contributed by atoms with Gasteiger partial charge in [0.2, 0.25) is 5.78 Å². The zero-order valence-electron chi connectivity index (χ0n) is 18.3. The van der Waals surface area contributed by atoms with E-state index in [1.165, 1.54) is 21.1 Å². The van der Waals surface area contributed by atoms with Crippen LogP contribution in [0.5, 0.6) is 0 Å². The molecule has 168 valence electrons. The van der Waals surface area contributed by atoms with Gasteiger partial charge in [0.05, 0.1) is 19.6 Å². The maximum atomic E-state index is 13.6. The van der Waals surface area contributed by atoms with E-state index < -0.39 is 58.7 Å². The Balaban J connectivity index is 2.01. The molecule has 4 rings (SSSR count). The average molecular weight is 424 g/mol. The van der Waals surface area contributed by atoms with E-state index in [-0.39, 0.29) is 23.4 Å². The van der Waals surface area contributed by atoms with E-state index in [9.17, 15) is 24.9 Å². The van der Waals surface area contributed by atoms with E-state index in [2.05, 4.69) is 0 Å². The van der Waals surface area contributed by atoms with Crippen LogP contribution in [0.4, 0.5) is 0 Å². The number of methoxy groups -OCH3 is 2. The number of aliphatic hydroxyl groups excluding tert-OH is 1. The molecule has 0 radical (unpaired) electrons. The largest absolute Gasteiger partial charge is 0.493 e. The number of Topliss-reactive ketones (excluding diaryl/α,β-unsaturated/α-hetero) is 1. The van der Waals surface area contributed by atoms with Crippen LogP contribution < -0.4 is 0 Å². The van der Waals surface area contributed by atoms with E-state index in [1.54, 1.807) is 19.9 Å². The number of rotatable bonds is 2. The quantitative estimate of drug-likeness (QED) is 0.550. The monoisotopic (exact) mass is 424 g/mol. The van der Waals surface area contributed by atoms with E-state index in [1.807, 2.05) is 6.92 Å². The van der Waals surface area contributed by atoms with Crippen molar-refractivity contribution in [3.05, 3.63) is 11.8 Å². The Hall–Kier alpha value is -1.48. The van der Waals surface area contributed by atoms with Gasteiger partial charge in [0.15, 0.2) is 5.76 Å². The predicted octanol–water partition coefficient (Wildman–Crippen LogP) is 0.571. The highest BCUT2D eigenvalue weighted by Gasteiger charge is 2.81.